The highest BCUT2D eigenvalue weighted by Gasteiger charge is 2.21. The average molecular weight is 354 g/mol. The Balaban J connectivity index is 1.54. The van der Waals surface area contributed by atoms with Gasteiger partial charge in [-0.3, -0.25) is 9.59 Å². The first-order valence-electron chi connectivity index (χ1n) is 8.72. The van der Waals surface area contributed by atoms with Crippen LogP contribution in [0.3, 0.4) is 0 Å². The second kappa shape index (κ2) is 8.38. The summed E-state index contributed by atoms with van der Waals surface area (Å²) < 4.78 is 11.0. The number of ether oxygens (including phenoxy) is 2. The number of amides is 2. The van der Waals surface area contributed by atoms with Crippen molar-refractivity contribution in [2.24, 2.45) is 0 Å². The van der Waals surface area contributed by atoms with Gasteiger partial charge in [0.2, 0.25) is 5.91 Å². The molecule has 0 bridgehead atoms. The maximum absolute atomic E-state index is 12.1. The third-order valence-corrected chi connectivity index (χ3v) is 4.04. The topological polar surface area (TPSA) is 67.9 Å². The number of carbonyl (C=O) groups excluding carboxylic acids is 2. The molecular weight excluding hydrogens is 332 g/mol. The Morgan fingerprint density at radius 1 is 1.08 bits per heavy atom. The zero-order chi connectivity index (χ0) is 18.4. The van der Waals surface area contributed by atoms with Gasteiger partial charge in [-0.05, 0) is 49.7 Å². The first-order valence-corrected chi connectivity index (χ1v) is 8.72. The van der Waals surface area contributed by atoms with Crippen LogP contribution in [0.1, 0.15) is 19.8 Å². The minimum absolute atomic E-state index is 0.115. The fraction of sp³-hybridized carbons (Fsp3) is 0.300. The predicted molar refractivity (Wildman–Crippen MR) is 99.8 cm³/mol. The van der Waals surface area contributed by atoms with E-state index in [1.165, 1.54) is 0 Å². The van der Waals surface area contributed by atoms with Crippen molar-refractivity contribution in [3.63, 3.8) is 0 Å². The van der Waals surface area contributed by atoms with Crippen LogP contribution in [-0.4, -0.2) is 31.6 Å². The molecule has 0 unspecified atom stereocenters. The van der Waals surface area contributed by atoms with E-state index in [0.29, 0.717) is 30.2 Å². The summed E-state index contributed by atoms with van der Waals surface area (Å²) in [6.45, 7) is 3.05. The van der Waals surface area contributed by atoms with Crippen molar-refractivity contribution in [2.45, 2.75) is 19.8 Å². The number of anilines is 2. The number of rotatable bonds is 7. The molecule has 2 aromatic carbocycles. The van der Waals surface area contributed by atoms with Gasteiger partial charge in [-0.1, -0.05) is 12.1 Å². The summed E-state index contributed by atoms with van der Waals surface area (Å²) in [6.07, 6.45) is 1.48. The summed E-state index contributed by atoms with van der Waals surface area (Å²) in [7, 11) is 0. The van der Waals surface area contributed by atoms with E-state index in [0.717, 1.165) is 18.7 Å². The van der Waals surface area contributed by atoms with Gasteiger partial charge in [0.15, 0.2) is 18.1 Å². The van der Waals surface area contributed by atoms with Crippen LogP contribution in [0, 0.1) is 0 Å². The lowest BCUT2D eigenvalue weighted by Crippen LogP contribution is -2.23. The van der Waals surface area contributed by atoms with E-state index < -0.39 is 0 Å². The van der Waals surface area contributed by atoms with Crippen molar-refractivity contribution in [1.82, 2.24) is 0 Å². The van der Waals surface area contributed by atoms with Gasteiger partial charge >= 0.3 is 0 Å². The van der Waals surface area contributed by atoms with Crippen LogP contribution in [0.15, 0.2) is 48.5 Å². The molecule has 0 spiro atoms. The quantitative estimate of drug-likeness (QED) is 0.829. The molecule has 0 aromatic heterocycles. The third-order valence-electron chi connectivity index (χ3n) is 4.04. The summed E-state index contributed by atoms with van der Waals surface area (Å²) in [6, 6.07) is 14.5. The highest BCUT2D eigenvalue weighted by atomic mass is 16.5. The van der Waals surface area contributed by atoms with Crippen LogP contribution in [0.4, 0.5) is 11.4 Å². The van der Waals surface area contributed by atoms with Crippen LogP contribution in [0.5, 0.6) is 11.5 Å². The zero-order valence-corrected chi connectivity index (χ0v) is 14.7. The monoisotopic (exact) mass is 354 g/mol. The van der Waals surface area contributed by atoms with Gasteiger partial charge in [0.05, 0.1) is 6.61 Å². The van der Waals surface area contributed by atoms with E-state index in [4.69, 9.17) is 9.47 Å². The fourth-order valence-corrected chi connectivity index (χ4v) is 2.83. The maximum Gasteiger partial charge on any atom is 0.262 e. The van der Waals surface area contributed by atoms with Crippen LogP contribution >= 0.6 is 0 Å². The molecule has 3 rings (SSSR count). The number of para-hydroxylation sites is 2. The summed E-state index contributed by atoms with van der Waals surface area (Å²) in [4.78, 5) is 25.6. The molecule has 1 fully saturated rings. The van der Waals surface area contributed by atoms with Gasteiger partial charge in [-0.25, -0.2) is 0 Å². The van der Waals surface area contributed by atoms with E-state index in [2.05, 4.69) is 5.32 Å². The molecule has 0 atom stereocenters. The van der Waals surface area contributed by atoms with Gasteiger partial charge < -0.3 is 19.7 Å². The van der Waals surface area contributed by atoms with Crippen LogP contribution in [0.2, 0.25) is 0 Å². The lowest BCUT2D eigenvalue weighted by molar-refractivity contribution is -0.118. The highest BCUT2D eigenvalue weighted by Crippen LogP contribution is 2.26. The molecule has 136 valence electrons. The minimum Gasteiger partial charge on any atom is -0.490 e. The molecule has 1 saturated heterocycles. The van der Waals surface area contributed by atoms with E-state index >= 15 is 0 Å². The van der Waals surface area contributed by atoms with Crippen molar-refractivity contribution in [3.05, 3.63) is 48.5 Å². The molecule has 2 amide bonds. The number of nitrogens with zero attached hydrogens (tertiary/aromatic N) is 1. The van der Waals surface area contributed by atoms with Crippen molar-refractivity contribution >= 4 is 23.2 Å². The Bertz CT molecular complexity index is 774. The molecule has 0 radical (unpaired) electrons. The Labute approximate surface area is 152 Å². The summed E-state index contributed by atoms with van der Waals surface area (Å²) >= 11 is 0. The smallest absolute Gasteiger partial charge is 0.262 e. The van der Waals surface area contributed by atoms with E-state index in [9.17, 15) is 9.59 Å². The van der Waals surface area contributed by atoms with Crippen molar-refractivity contribution in [1.29, 1.82) is 0 Å². The first-order chi connectivity index (χ1) is 12.7. The molecule has 1 aliphatic heterocycles. The Hall–Kier alpha value is -3.02. The number of hydrogen-bond donors (Lipinski definition) is 1. The number of hydrogen-bond acceptors (Lipinski definition) is 4. The molecule has 6 heteroatoms. The summed E-state index contributed by atoms with van der Waals surface area (Å²) in [5, 5.41) is 2.78. The highest BCUT2D eigenvalue weighted by molar-refractivity contribution is 5.96. The lowest BCUT2D eigenvalue weighted by atomic mass is 10.2. The SMILES string of the molecule is CCOc1ccccc1OCC(=O)Nc1ccc(N2CCCC2=O)cc1. The van der Waals surface area contributed by atoms with Crippen molar-refractivity contribution < 1.29 is 19.1 Å². The van der Waals surface area contributed by atoms with Crippen molar-refractivity contribution in [3.8, 4) is 11.5 Å². The molecule has 0 saturated carbocycles. The van der Waals surface area contributed by atoms with Gasteiger partial charge in [0, 0.05) is 24.3 Å². The second-order valence-corrected chi connectivity index (χ2v) is 5.91. The van der Waals surface area contributed by atoms with E-state index in [1.807, 2.05) is 31.2 Å². The maximum atomic E-state index is 12.1. The van der Waals surface area contributed by atoms with Crippen LogP contribution < -0.4 is 19.7 Å². The largest absolute Gasteiger partial charge is 0.490 e. The Morgan fingerprint density at radius 2 is 1.77 bits per heavy atom. The fourth-order valence-electron chi connectivity index (χ4n) is 2.83. The van der Waals surface area contributed by atoms with Gasteiger partial charge in [0.1, 0.15) is 0 Å². The molecular formula is C20H22N2O4. The molecule has 6 nitrogen and oxygen atoms in total. The molecule has 1 heterocycles. The first kappa shape index (κ1) is 17.8. The molecule has 0 aliphatic carbocycles. The molecule has 26 heavy (non-hydrogen) atoms. The van der Waals surface area contributed by atoms with Crippen molar-refractivity contribution in [2.75, 3.05) is 30.0 Å². The summed E-state index contributed by atoms with van der Waals surface area (Å²) in [5.41, 5.74) is 1.51. The lowest BCUT2D eigenvalue weighted by Gasteiger charge is -2.16. The predicted octanol–water partition coefficient (Wildman–Crippen LogP) is 3.23. The Kier molecular flexibility index (Phi) is 5.73. The number of carbonyl (C=O) groups is 2. The second-order valence-electron chi connectivity index (χ2n) is 5.91. The molecule has 1 aliphatic rings. The van der Waals surface area contributed by atoms with E-state index in [1.54, 1.807) is 29.2 Å². The Morgan fingerprint density at radius 3 is 2.38 bits per heavy atom. The average Bonchev–Trinajstić information content (AvgIpc) is 3.08. The van der Waals surface area contributed by atoms with Crippen LogP contribution in [-0.2, 0) is 9.59 Å². The van der Waals surface area contributed by atoms with Gasteiger partial charge in [-0.2, -0.15) is 0 Å². The zero-order valence-electron chi connectivity index (χ0n) is 14.7. The van der Waals surface area contributed by atoms with Gasteiger partial charge in [-0.15, -0.1) is 0 Å². The third kappa shape index (κ3) is 4.33. The van der Waals surface area contributed by atoms with E-state index in [-0.39, 0.29) is 18.4 Å². The minimum atomic E-state index is -0.263. The molecule has 2 aromatic rings. The van der Waals surface area contributed by atoms with Crippen LogP contribution in [0.25, 0.3) is 0 Å². The molecule has 1 N–H and O–H groups in total. The normalized spacial score (nSPS) is 13.6. The standard InChI is InChI=1S/C20H22N2O4/c1-2-25-17-6-3-4-7-18(17)26-14-19(23)21-15-9-11-16(12-10-15)22-13-5-8-20(22)24/h3-4,6-7,9-12H,2,5,8,13-14H2,1H3,(H,21,23). The van der Waals surface area contributed by atoms with Gasteiger partial charge in [0.25, 0.3) is 5.91 Å². The number of benzene rings is 2. The summed E-state index contributed by atoms with van der Waals surface area (Å²) in [5.74, 6) is 1.03. The number of nitrogens with one attached hydrogen (secondary N) is 1.